The van der Waals surface area contributed by atoms with Gasteiger partial charge in [-0.15, -0.1) is 0 Å². The van der Waals surface area contributed by atoms with Crippen LogP contribution >= 0.6 is 0 Å². The molecular formula is C14H16N2O8. The average molecular weight is 340 g/mol. The van der Waals surface area contributed by atoms with Crippen LogP contribution in [0.15, 0.2) is 18.2 Å². The van der Waals surface area contributed by atoms with Gasteiger partial charge in [0.2, 0.25) is 0 Å². The molecule has 0 radical (unpaired) electrons. The van der Waals surface area contributed by atoms with Gasteiger partial charge in [0, 0.05) is 6.07 Å². The van der Waals surface area contributed by atoms with Crippen molar-refractivity contribution < 1.29 is 33.9 Å². The Bertz CT molecular complexity index is 658. The summed E-state index contributed by atoms with van der Waals surface area (Å²) in [5.74, 6) is -2.32. The number of aliphatic carboxylic acids is 1. The second-order valence-corrected chi connectivity index (χ2v) is 4.73. The van der Waals surface area contributed by atoms with E-state index in [9.17, 15) is 24.5 Å². The van der Waals surface area contributed by atoms with Crippen LogP contribution in [0.2, 0.25) is 0 Å². The molecule has 10 heteroatoms. The summed E-state index contributed by atoms with van der Waals surface area (Å²) in [4.78, 5) is 45.1. The number of anilines is 1. The van der Waals surface area contributed by atoms with Crippen molar-refractivity contribution in [3.63, 3.8) is 0 Å². The van der Waals surface area contributed by atoms with Gasteiger partial charge < -0.3 is 19.5 Å². The number of nitro groups is 1. The number of carbonyl (C=O) groups excluding carboxylic acids is 2. The lowest BCUT2D eigenvalue weighted by molar-refractivity contribution is -0.384. The first kappa shape index (κ1) is 18.9. The molecule has 0 aliphatic carbocycles. The normalized spacial score (nSPS) is 9.92. The maximum absolute atomic E-state index is 11.5. The van der Waals surface area contributed by atoms with E-state index in [1.807, 2.05) is 0 Å². The zero-order valence-corrected chi connectivity index (χ0v) is 13.1. The van der Waals surface area contributed by atoms with Crippen molar-refractivity contribution in [1.29, 1.82) is 0 Å². The summed E-state index contributed by atoms with van der Waals surface area (Å²) in [5.41, 5.74) is -0.151. The molecule has 10 nitrogen and oxygen atoms in total. The number of carboxylic acids is 1. The van der Waals surface area contributed by atoms with Crippen LogP contribution in [-0.4, -0.2) is 54.6 Å². The number of ketones is 1. The van der Waals surface area contributed by atoms with Crippen molar-refractivity contribution >= 4 is 29.1 Å². The summed E-state index contributed by atoms with van der Waals surface area (Å²) in [5, 5.41) is 19.6. The second kappa shape index (κ2) is 8.46. The SMILES string of the molecule is COC(=O)CN(CC(C)=O)c1ccc([N+](=O)[O-])cc1OCC(=O)O. The van der Waals surface area contributed by atoms with Crippen molar-refractivity contribution in [2.24, 2.45) is 0 Å². The molecule has 0 spiro atoms. The van der Waals surface area contributed by atoms with Gasteiger partial charge in [-0.05, 0) is 13.0 Å². The van der Waals surface area contributed by atoms with E-state index in [1.165, 1.54) is 25.0 Å². The van der Waals surface area contributed by atoms with E-state index in [2.05, 4.69) is 4.74 Å². The molecule has 1 N–H and O–H groups in total. The second-order valence-electron chi connectivity index (χ2n) is 4.73. The molecule has 0 aliphatic heterocycles. The molecule has 0 atom stereocenters. The number of methoxy groups -OCH3 is 1. The Morgan fingerprint density at radius 2 is 1.96 bits per heavy atom. The molecule has 0 saturated heterocycles. The predicted molar refractivity (Wildman–Crippen MR) is 81.1 cm³/mol. The smallest absolute Gasteiger partial charge is 0.341 e. The highest BCUT2D eigenvalue weighted by Gasteiger charge is 2.21. The number of esters is 1. The zero-order chi connectivity index (χ0) is 18.3. The van der Waals surface area contributed by atoms with Crippen LogP contribution in [0, 0.1) is 10.1 Å². The number of nitrogens with zero attached hydrogens (tertiary/aromatic N) is 2. The molecule has 0 saturated carbocycles. The summed E-state index contributed by atoms with van der Waals surface area (Å²) in [7, 11) is 1.17. The number of rotatable bonds is 9. The third kappa shape index (κ3) is 5.55. The summed E-state index contributed by atoms with van der Waals surface area (Å²) in [6.07, 6.45) is 0. The molecule has 0 amide bonds. The molecule has 1 aromatic carbocycles. The quantitative estimate of drug-likeness (QED) is 0.390. The molecule has 1 aromatic rings. The van der Waals surface area contributed by atoms with Crippen LogP contribution in [0.3, 0.4) is 0 Å². The van der Waals surface area contributed by atoms with Crippen molar-refractivity contribution in [3.8, 4) is 5.75 Å². The van der Waals surface area contributed by atoms with Crippen molar-refractivity contribution in [2.45, 2.75) is 6.92 Å². The first-order chi connectivity index (χ1) is 11.2. The van der Waals surface area contributed by atoms with Gasteiger partial charge in [0.15, 0.2) is 6.61 Å². The van der Waals surface area contributed by atoms with Gasteiger partial charge in [-0.1, -0.05) is 0 Å². The van der Waals surface area contributed by atoms with Crippen molar-refractivity contribution in [3.05, 3.63) is 28.3 Å². The fourth-order valence-corrected chi connectivity index (χ4v) is 1.85. The van der Waals surface area contributed by atoms with E-state index in [1.54, 1.807) is 0 Å². The van der Waals surface area contributed by atoms with Crippen LogP contribution in [0.4, 0.5) is 11.4 Å². The van der Waals surface area contributed by atoms with Gasteiger partial charge in [-0.2, -0.15) is 0 Å². The van der Waals surface area contributed by atoms with Crippen molar-refractivity contribution in [1.82, 2.24) is 0 Å². The van der Waals surface area contributed by atoms with Gasteiger partial charge >= 0.3 is 11.9 Å². The minimum Gasteiger partial charge on any atom is -0.479 e. The Balaban J connectivity index is 3.26. The van der Waals surface area contributed by atoms with E-state index < -0.39 is 23.5 Å². The molecule has 0 heterocycles. The molecule has 0 aromatic heterocycles. The van der Waals surface area contributed by atoms with E-state index in [0.29, 0.717) is 0 Å². The molecule has 0 bridgehead atoms. The van der Waals surface area contributed by atoms with Gasteiger partial charge in [-0.3, -0.25) is 19.7 Å². The monoisotopic (exact) mass is 340 g/mol. The summed E-state index contributed by atoms with van der Waals surface area (Å²) in [6.45, 7) is 0.0708. The number of ether oxygens (including phenoxy) is 2. The summed E-state index contributed by atoms with van der Waals surface area (Å²) in [6, 6.07) is 3.47. The highest BCUT2D eigenvalue weighted by Crippen LogP contribution is 2.32. The predicted octanol–water partition coefficient (Wildman–Crippen LogP) is 0.627. The number of non-ortho nitro benzene ring substituents is 1. The lowest BCUT2D eigenvalue weighted by Gasteiger charge is -2.24. The number of carbonyl (C=O) groups is 3. The number of hydrogen-bond donors (Lipinski definition) is 1. The largest absolute Gasteiger partial charge is 0.479 e. The Labute approximate surface area is 136 Å². The van der Waals surface area contributed by atoms with E-state index in [-0.39, 0.29) is 36.0 Å². The molecule has 1 rings (SSSR count). The van der Waals surface area contributed by atoms with E-state index in [4.69, 9.17) is 9.84 Å². The molecule has 24 heavy (non-hydrogen) atoms. The number of hydrogen-bond acceptors (Lipinski definition) is 8. The summed E-state index contributed by atoms with van der Waals surface area (Å²) < 4.78 is 9.61. The highest BCUT2D eigenvalue weighted by atomic mass is 16.6. The molecule has 0 fully saturated rings. The fourth-order valence-electron chi connectivity index (χ4n) is 1.85. The minimum atomic E-state index is -1.28. The van der Waals surface area contributed by atoms with Crippen LogP contribution in [-0.2, 0) is 19.1 Å². The van der Waals surface area contributed by atoms with Gasteiger partial charge in [0.25, 0.3) is 5.69 Å². The maximum atomic E-state index is 11.5. The van der Waals surface area contributed by atoms with Crippen molar-refractivity contribution in [2.75, 3.05) is 31.7 Å². The Morgan fingerprint density at radius 1 is 1.29 bits per heavy atom. The van der Waals surface area contributed by atoms with Crippen LogP contribution in [0.5, 0.6) is 5.75 Å². The third-order valence-corrected chi connectivity index (χ3v) is 2.81. The topological polar surface area (TPSA) is 136 Å². The lowest BCUT2D eigenvalue weighted by Crippen LogP contribution is -2.34. The highest BCUT2D eigenvalue weighted by molar-refractivity contribution is 5.85. The number of carboxylic acid groups (broad SMARTS) is 1. The number of benzene rings is 1. The third-order valence-electron chi connectivity index (χ3n) is 2.81. The van der Waals surface area contributed by atoms with Crippen LogP contribution < -0.4 is 9.64 Å². The zero-order valence-electron chi connectivity index (χ0n) is 13.1. The van der Waals surface area contributed by atoms with Gasteiger partial charge in [0.1, 0.15) is 18.1 Å². The fraction of sp³-hybridized carbons (Fsp3) is 0.357. The molecule has 0 unspecified atom stereocenters. The molecule has 0 aliphatic rings. The number of Topliss-reactive ketones (excluding diaryl/α,β-unsaturated/α-hetero) is 1. The van der Waals surface area contributed by atoms with Crippen LogP contribution in [0.25, 0.3) is 0 Å². The Kier molecular flexibility index (Phi) is 6.65. The maximum Gasteiger partial charge on any atom is 0.341 e. The van der Waals surface area contributed by atoms with E-state index >= 15 is 0 Å². The average Bonchev–Trinajstić information content (AvgIpc) is 2.51. The first-order valence-corrected chi connectivity index (χ1v) is 6.68. The summed E-state index contributed by atoms with van der Waals surface area (Å²) >= 11 is 0. The van der Waals surface area contributed by atoms with Gasteiger partial charge in [0.05, 0.1) is 30.3 Å². The lowest BCUT2D eigenvalue weighted by atomic mass is 10.2. The minimum absolute atomic E-state index is 0.128. The number of nitro benzene ring substituents is 1. The standard InChI is InChI=1S/C14H16N2O8/c1-9(17)6-15(7-14(20)23-2)11-4-3-10(16(21)22)5-12(11)24-8-13(18)19/h3-5H,6-8H2,1-2H3,(H,18,19). The molecule has 130 valence electrons. The first-order valence-electron chi connectivity index (χ1n) is 6.68. The molecular weight excluding hydrogens is 324 g/mol. The van der Waals surface area contributed by atoms with Crippen LogP contribution in [0.1, 0.15) is 6.92 Å². The Morgan fingerprint density at radius 3 is 2.46 bits per heavy atom. The Hall–Kier alpha value is -3.17. The van der Waals surface area contributed by atoms with Gasteiger partial charge in [-0.25, -0.2) is 4.79 Å². The van der Waals surface area contributed by atoms with E-state index in [0.717, 1.165) is 12.1 Å².